The van der Waals surface area contributed by atoms with Gasteiger partial charge in [-0.15, -0.1) is 10.2 Å². The van der Waals surface area contributed by atoms with Crippen LogP contribution < -0.4 is 0 Å². The number of esters is 1. The van der Waals surface area contributed by atoms with Crippen LogP contribution in [0, 0.1) is 0 Å². The van der Waals surface area contributed by atoms with Crippen molar-refractivity contribution in [3.05, 3.63) is 22.4 Å². The molecule has 11 heavy (non-hydrogen) atoms. The number of methoxy groups -OCH3 is 1. The topological polar surface area (TPSA) is 52.1 Å². The van der Waals surface area contributed by atoms with Crippen LogP contribution in [0.3, 0.4) is 0 Å². The molecule has 0 aliphatic heterocycles. The van der Waals surface area contributed by atoms with Gasteiger partial charge in [0.1, 0.15) is 4.60 Å². The molecule has 0 aliphatic rings. The summed E-state index contributed by atoms with van der Waals surface area (Å²) in [6.45, 7) is 0. The van der Waals surface area contributed by atoms with E-state index in [0.717, 1.165) is 0 Å². The molecule has 0 fully saturated rings. The van der Waals surface area contributed by atoms with Gasteiger partial charge in [-0.25, -0.2) is 4.79 Å². The van der Waals surface area contributed by atoms with Crippen molar-refractivity contribution in [1.29, 1.82) is 0 Å². The van der Waals surface area contributed by atoms with Gasteiger partial charge in [0.25, 0.3) is 0 Å². The number of halogens is 1. The molecule has 0 aromatic carbocycles. The third-order valence-electron chi connectivity index (χ3n) is 1.03. The summed E-state index contributed by atoms with van der Waals surface area (Å²) in [5.74, 6) is -0.481. The smallest absolute Gasteiger partial charge is 0.358 e. The standard InChI is InChI=1S/C6H5BrN2O2/c1-11-6(10)4-2-3-5(7)9-8-4/h2-3H,1H3. The van der Waals surface area contributed by atoms with Crippen molar-refractivity contribution < 1.29 is 9.53 Å². The Morgan fingerprint density at radius 3 is 2.73 bits per heavy atom. The lowest BCUT2D eigenvalue weighted by molar-refractivity contribution is 0.0592. The zero-order chi connectivity index (χ0) is 8.27. The second-order valence-corrected chi connectivity index (χ2v) is 2.55. The molecule has 0 radical (unpaired) electrons. The summed E-state index contributed by atoms with van der Waals surface area (Å²) in [5.41, 5.74) is 0.204. The lowest BCUT2D eigenvalue weighted by Gasteiger charge is -1.95. The van der Waals surface area contributed by atoms with Gasteiger partial charge in [0.2, 0.25) is 0 Å². The van der Waals surface area contributed by atoms with Crippen LogP contribution in [0.25, 0.3) is 0 Å². The molecular formula is C6H5BrN2O2. The van der Waals surface area contributed by atoms with Gasteiger partial charge < -0.3 is 4.74 Å². The molecule has 1 aromatic rings. The average Bonchev–Trinajstić information content (AvgIpc) is 2.05. The molecule has 58 valence electrons. The van der Waals surface area contributed by atoms with Crippen molar-refractivity contribution in [1.82, 2.24) is 10.2 Å². The van der Waals surface area contributed by atoms with E-state index in [4.69, 9.17) is 0 Å². The minimum atomic E-state index is -0.481. The summed E-state index contributed by atoms with van der Waals surface area (Å²) in [6.07, 6.45) is 0. The van der Waals surface area contributed by atoms with Gasteiger partial charge in [-0.1, -0.05) is 0 Å². The van der Waals surface area contributed by atoms with E-state index in [1.165, 1.54) is 13.2 Å². The Bertz CT molecular complexity index is 260. The molecule has 0 saturated carbocycles. The van der Waals surface area contributed by atoms with Gasteiger partial charge in [0, 0.05) is 0 Å². The highest BCUT2D eigenvalue weighted by Crippen LogP contribution is 2.03. The van der Waals surface area contributed by atoms with Crippen LogP contribution >= 0.6 is 15.9 Å². The summed E-state index contributed by atoms with van der Waals surface area (Å²) in [5, 5.41) is 7.19. The summed E-state index contributed by atoms with van der Waals surface area (Å²) in [6, 6.07) is 3.15. The van der Waals surface area contributed by atoms with Crippen molar-refractivity contribution in [3.8, 4) is 0 Å². The van der Waals surface area contributed by atoms with E-state index in [2.05, 4.69) is 30.9 Å². The molecule has 0 amide bonds. The number of hydrogen-bond acceptors (Lipinski definition) is 4. The largest absolute Gasteiger partial charge is 0.464 e. The van der Waals surface area contributed by atoms with Crippen LogP contribution in [-0.2, 0) is 4.74 Å². The molecule has 5 heteroatoms. The molecule has 0 N–H and O–H groups in total. The van der Waals surface area contributed by atoms with Crippen molar-refractivity contribution in [2.45, 2.75) is 0 Å². The van der Waals surface area contributed by atoms with Crippen LogP contribution in [0.15, 0.2) is 16.7 Å². The van der Waals surface area contributed by atoms with Crippen LogP contribution in [0.2, 0.25) is 0 Å². The molecule has 0 bridgehead atoms. The number of nitrogens with zero attached hydrogens (tertiary/aromatic N) is 2. The monoisotopic (exact) mass is 216 g/mol. The summed E-state index contributed by atoms with van der Waals surface area (Å²) < 4.78 is 5.01. The van der Waals surface area contributed by atoms with Gasteiger partial charge >= 0.3 is 5.97 Å². The van der Waals surface area contributed by atoms with E-state index in [1.54, 1.807) is 6.07 Å². The van der Waals surface area contributed by atoms with Crippen LogP contribution in [0.4, 0.5) is 0 Å². The Balaban J connectivity index is 2.90. The zero-order valence-corrected chi connectivity index (χ0v) is 7.33. The molecule has 0 unspecified atom stereocenters. The van der Waals surface area contributed by atoms with E-state index in [9.17, 15) is 4.79 Å². The number of rotatable bonds is 1. The minimum Gasteiger partial charge on any atom is -0.464 e. The Hall–Kier alpha value is -0.970. The Morgan fingerprint density at radius 2 is 2.27 bits per heavy atom. The fraction of sp³-hybridized carbons (Fsp3) is 0.167. The first-order valence-electron chi connectivity index (χ1n) is 2.81. The Kier molecular flexibility index (Phi) is 2.53. The van der Waals surface area contributed by atoms with E-state index >= 15 is 0 Å². The molecule has 1 aromatic heterocycles. The number of hydrogen-bond donors (Lipinski definition) is 0. The molecule has 4 nitrogen and oxygen atoms in total. The highest BCUT2D eigenvalue weighted by Gasteiger charge is 2.05. The second-order valence-electron chi connectivity index (χ2n) is 1.73. The number of carbonyl (C=O) groups is 1. The van der Waals surface area contributed by atoms with E-state index in [0.29, 0.717) is 4.60 Å². The second kappa shape index (κ2) is 3.43. The van der Waals surface area contributed by atoms with Gasteiger partial charge in [0.15, 0.2) is 5.69 Å². The predicted molar refractivity (Wildman–Crippen MR) is 41.1 cm³/mol. The summed E-state index contributed by atoms with van der Waals surface area (Å²) >= 11 is 3.09. The van der Waals surface area contributed by atoms with E-state index < -0.39 is 5.97 Å². The van der Waals surface area contributed by atoms with Crippen molar-refractivity contribution in [2.75, 3.05) is 7.11 Å². The normalized spacial score (nSPS) is 9.27. The molecule has 1 heterocycles. The lowest BCUT2D eigenvalue weighted by Crippen LogP contribution is -2.04. The highest BCUT2D eigenvalue weighted by atomic mass is 79.9. The van der Waals surface area contributed by atoms with Crippen LogP contribution in [-0.4, -0.2) is 23.3 Å². The first-order chi connectivity index (χ1) is 5.24. The number of aromatic nitrogens is 2. The maximum absolute atomic E-state index is 10.8. The van der Waals surface area contributed by atoms with Crippen molar-refractivity contribution in [3.63, 3.8) is 0 Å². The molecule has 0 saturated heterocycles. The molecule has 0 atom stereocenters. The summed E-state index contributed by atoms with van der Waals surface area (Å²) in [7, 11) is 1.30. The fourth-order valence-electron chi connectivity index (χ4n) is 0.529. The number of ether oxygens (including phenoxy) is 1. The predicted octanol–water partition coefficient (Wildman–Crippen LogP) is 1.03. The lowest BCUT2D eigenvalue weighted by atomic mass is 10.4. The molecule has 0 aliphatic carbocycles. The fourth-order valence-corrected chi connectivity index (χ4v) is 0.741. The van der Waals surface area contributed by atoms with Crippen molar-refractivity contribution in [2.24, 2.45) is 0 Å². The van der Waals surface area contributed by atoms with Gasteiger partial charge in [0.05, 0.1) is 7.11 Å². The quantitative estimate of drug-likeness (QED) is 0.659. The Morgan fingerprint density at radius 1 is 1.55 bits per heavy atom. The molecule has 0 spiro atoms. The SMILES string of the molecule is COC(=O)c1ccc(Br)nn1. The number of carbonyl (C=O) groups excluding carboxylic acids is 1. The maximum Gasteiger partial charge on any atom is 0.358 e. The van der Waals surface area contributed by atoms with Crippen molar-refractivity contribution >= 4 is 21.9 Å². The maximum atomic E-state index is 10.8. The minimum absolute atomic E-state index is 0.204. The van der Waals surface area contributed by atoms with E-state index in [-0.39, 0.29) is 5.69 Å². The first kappa shape index (κ1) is 8.13. The molecule has 1 rings (SSSR count). The first-order valence-corrected chi connectivity index (χ1v) is 3.61. The van der Waals surface area contributed by atoms with E-state index in [1.807, 2.05) is 0 Å². The Labute approximate surface area is 71.7 Å². The van der Waals surface area contributed by atoms with Gasteiger partial charge in [-0.3, -0.25) is 0 Å². The van der Waals surface area contributed by atoms with Crippen LogP contribution in [0.1, 0.15) is 10.5 Å². The van der Waals surface area contributed by atoms with Crippen LogP contribution in [0.5, 0.6) is 0 Å². The summed E-state index contributed by atoms with van der Waals surface area (Å²) in [4.78, 5) is 10.8. The third-order valence-corrected chi connectivity index (χ3v) is 1.45. The molecular weight excluding hydrogens is 212 g/mol. The average molecular weight is 217 g/mol. The highest BCUT2D eigenvalue weighted by molar-refractivity contribution is 9.10. The zero-order valence-electron chi connectivity index (χ0n) is 5.74. The third kappa shape index (κ3) is 1.98. The van der Waals surface area contributed by atoms with Gasteiger partial charge in [-0.05, 0) is 28.1 Å². The van der Waals surface area contributed by atoms with Gasteiger partial charge in [-0.2, -0.15) is 0 Å².